The van der Waals surface area contributed by atoms with E-state index in [1.54, 1.807) is 0 Å². The van der Waals surface area contributed by atoms with Gasteiger partial charge >= 0.3 is 0 Å². The first-order chi connectivity index (χ1) is 8.18. The third-order valence-corrected chi connectivity index (χ3v) is 3.84. The van der Waals surface area contributed by atoms with Crippen LogP contribution in [0.25, 0.3) is 0 Å². The van der Waals surface area contributed by atoms with Crippen LogP contribution in [0.15, 0.2) is 24.3 Å². The highest BCUT2D eigenvalue weighted by atomic mass is 15.1. The smallest absolute Gasteiger partial charge is 0.0359 e. The highest BCUT2D eigenvalue weighted by molar-refractivity contribution is 5.28. The summed E-state index contributed by atoms with van der Waals surface area (Å²) >= 11 is 0. The summed E-state index contributed by atoms with van der Waals surface area (Å²) in [4.78, 5) is 2.35. The van der Waals surface area contributed by atoms with Gasteiger partial charge in [-0.1, -0.05) is 24.3 Å². The second kappa shape index (κ2) is 5.65. The highest BCUT2D eigenvalue weighted by Crippen LogP contribution is 2.28. The zero-order chi connectivity index (χ0) is 12.3. The van der Waals surface area contributed by atoms with Crippen LogP contribution in [0.4, 0.5) is 0 Å². The van der Waals surface area contributed by atoms with Crippen LogP contribution >= 0.6 is 0 Å². The lowest BCUT2D eigenvalue weighted by molar-refractivity contribution is 0.262. The second-order valence-electron chi connectivity index (χ2n) is 5.36. The molecule has 1 aliphatic rings. The predicted molar refractivity (Wildman–Crippen MR) is 73.2 cm³/mol. The number of benzene rings is 1. The van der Waals surface area contributed by atoms with E-state index in [4.69, 9.17) is 0 Å². The van der Waals surface area contributed by atoms with Gasteiger partial charge in [-0.25, -0.2) is 0 Å². The predicted octanol–water partition coefficient (Wildman–Crippen LogP) is 2.74. The van der Waals surface area contributed by atoms with Gasteiger partial charge in [0.2, 0.25) is 0 Å². The van der Waals surface area contributed by atoms with Crippen molar-refractivity contribution in [3.63, 3.8) is 0 Å². The maximum Gasteiger partial charge on any atom is 0.0359 e. The first kappa shape index (κ1) is 12.6. The number of aryl methyl sites for hydroxylation is 1. The van der Waals surface area contributed by atoms with Gasteiger partial charge in [-0.05, 0) is 58.0 Å². The molecule has 2 heteroatoms. The minimum atomic E-state index is 0.534. The fraction of sp³-hybridized carbons (Fsp3) is 0.600. The van der Waals surface area contributed by atoms with Gasteiger partial charge in [-0.15, -0.1) is 0 Å². The Morgan fingerprint density at radius 3 is 2.71 bits per heavy atom. The quantitative estimate of drug-likeness (QED) is 0.858. The van der Waals surface area contributed by atoms with E-state index in [9.17, 15) is 0 Å². The van der Waals surface area contributed by atoms with Crippen LogP contribution in [-0.2, 0) is 0 Å². The number of hydrogen-bond donors (Lipinski definition) is 1. The van der Waals surface area contributed by atoms with E-state index >= 15 is 0 Å². The van der Waals surface area contributed by atoms with Crippen molar-refractivity contribution in [3.8, 4) is 0 Å². The molecule has 0 bridgehead atoms. The van der Waals surface area contributed by atoms with Crippen LogP contribution in [0.1, 0.15) is 36.4 Å². The van der Waals surface area contributed by atoms with Crippen LogP contribution in [0, 0.1) is 6.92 Å². The SMILES string of the molecule is Cc1ccccc1C(CC1CCCN1)N(C)C. The standard InChI is InChI=1S/C15H24N2/c1-12-7-4-5-9-14(12)15(17(2)3)11-13-8-6-10-16-13/h4-5,7,9,13,15-16H,6,8,10-11H2,1-3H3. The molecule has 17 heavy (non-hydrogen) atoms. The minimum absolute atomic E-state index is 0.534. The number of nitrogens with one attached hydrogen (secondary N) is 1. The summed E-state index contributed by atoms with van der Waals surface area (Å²) in [5.41, 5.74) is 2.88. The molecule has 0 radical (unpaired) electrons. The maximum atomic E-state index is 3.60. The van der Waals surface area contributed by atoms with Crippen molar-refractivity contribution in [2.75, 3.05) is 20.6 Å². The van der Waals surface area contributed by atoms with Gasteiger partial charge in [0.15, 0.2) is 0 Å². The molecule has 2 nitrogen and oxygen atoms in total. The van der Waals surface area contributed by atoms with Crippen molar-refractivity contribution in [1.82, 2.24) is 10.2 Å². The summed E-state index contributed by atoms with van der Waals surface area (Å²) in [6.07, 6.45) is 3.88. The number of rotatable bonds is 4. The van der Waals surface area contributed by atoms with E-state index in [0.717, 1.165) is 0 Å². The van der Waals surface area contributed by atoms with Crippen LogP contribution in [0.2, 0.25) is 0 Å². The molecule has 94 valence electrons. The molecule has 2 atom stereocenters. The lowest BCUT2D eigenvalue weighted by Gasteiger charge is -2.28. The van der Waals surface area contributed by atoms with Gasteiger partial charge in [-0.3, -0.25) is 0 Å². The first-order valence-corrected chi connectivity index (χ1v) is 6.64. The van der Waals surface area contributed by atoms with E-state index in [1.165, 1.54) is 36.9 Å². The fourth-order valence-electron chi connectivity index (χ4n) is 2.80. The second-order valence-corrected chi connectivity index (χ2v) is 5.36. The largest absolute Gasteiger partial charge is 0.314 e. The van der Waals surface area contributed by atoms with Gasteiger partial charge in [0.05, 0.1) is 0 Å². The Balaban J connectivity index is 2.14. The molecular formula is C15H24N2. The Labute approximate surface area is 105 Å². The van der Waals surface area contributed by atoms with Crippen molar-refractivity contribution >= 4 is 0 Å². The summed E-state index contributed by atoms with van der Waals surface area (Å²) in [5.74, 6) is 0. The first-order valence-electron chi connectivity index (χ1n) is 6.64. The molecular weight excluding hydrogens is 208 g/mol. The molecule has 1 aromatic rings. The molecule has 1 heterocycles. The Kier molecular flexibility index (Phi) is 4.19. The monoisotopic (exact) mass is 232 g/mol. The zero-order valence-corrected chi connectivity index (χ0v) is 11.2. The van der Waals surface area contributed by atoms with Crippen LogP contribution < -0.4 is 5.32 Å². The van der Waals surface area contributed by atoms with Crippen molar-refractivity contribution in [3.05, 3.63) is 35.4 Å². The van der Waals surface area contributed by atoms with Crippen LogP contribution in [-0.4, -0.2) is 31.6 Å². The summed E-state index contributed by atoms with van der Waals surface area (Å²) in [6, 6.07) is 10.00. The van der Waals surface area contributed by atoms with Gasteiger partial charge in [0.1, 0.15) is 0 Å². The Morgan fingerprint density at radius 1 is 1.35 bits per heavy atom. The van der Waals surface area contributed by atoms with Gasteiger partial charge in [0.25, 0.3) is 0 Å². The van der Waals surface area contributed by atoms with Crippen molar-refractivity contribution in [1.29, 1.82) is 0 Å². The average molecular weight is 232 g/mol. The molecule has 1 aromatic carbocycles. The normalized spacial score (nSPS) is 22.0. The third-order valence-electron chi connectivity index (χ3n) is 3.84. The lowest BCUT2D eigenvalue weighted by Crippen LogP contribution is -2.30. The van der Waals surface area contributed by atoms with E-state index in [2.05, 4.69) is 55.5 Å². The fourth-order valence-corrected chi connectivity index (χ4v) is 2.80. The Morgan fingerprint density at radius 2 is 2.12 bits per heavy atom. The topological polar surface area (TPSA) is 15.3 Å². The number of nitrogens with zero attached hydrogens (tertiary/aromatic N) is 1. The summed E-state index contributed by atoms with van der Waals surface area (Å²) in [5, 5.41) is 3.60. The van der Waals surface area contributed by atoms with Gasteiger partial charge in [0, 0.05) is 12.1 Å². The highest BCUT2D eigenvalue weighted by Gasteiger charge is 2.23. The Bertz CT molecular complexity index is 354. The molecule has 1 N–H and O–H groups in total. The molecule has 0 spiro atoms. The van der Waals surface area contributed by atoms with E-state index < -0.39 is 0 Å². The molecule has 2 rings (SSSR count). The molecule has 2 unspecified atom stereocenters. The van der Waals surface area contributed by atoms with Crippen LogP contribution in [0.5, 0.6) is 0 Å². The van der Waals surface area contributed by atoms with Gasteiger partial charge in [-0.2, -0.15) is 0 Å². The van der Waals surface area contributed by atoms with Crippen molar-refractivity contribution in [2.24, 2.45) is 0 Å². The summed E-state index contributed by atoms with van der Waals surface area (Å²) in [6.45, 7) is 3.41. The van der Waals surface area contributed by atoms with Crippen molar-refractivity contribution < 1.29 is 0 Å². The molecule has 1 fully saturated rings. The maximum absolute atomic E-state index is 3.60. The van der Waals surface area contributed by atoms with E-state index in [1.807, 2.05) is 0 Å². The van der Waals surface area contributed by atoms with Crippen molar-refractivity contribution in [2.45, 2.75) is 38.3 Å². The van der Waals surface area contributed by atoms with Gasteiger partial charge < -0.3 is 10.2 Å². The molecule has 1 aliphatic heterocycles. The lowest BCUT2D eigenvalue weighted by atomic mass is 9.94. The van der Waals surface area contributed by atoms with E-state index in [-0.39, 0.29) is 0 Å². The molecule has 0 aliphatic carbocycles. The molecule has 1 saturated heterocycles. The average Bonchev–Trinajstić information content (AvgIpc) is 2.79. The minimum Gasteiger partial charge on any atom is -0.314 e. The molecule has 0 amide bonds. The number of hydrogen-bond acceptors (Lipinski definition) is 2. The third kappa shape index (κ3) is 3.08. The summed E-state index contributed by atoms with van der Waals surface area (Å²) in [7, 11) is 4.37. The van der Waals surface area contributed by atoms with E-state index in [0.29, 0.717) is 12.1 Å². The Hall–Kier alpha value is -0.860. The molecule has 0 aromatic heterocycles. The summed E-state index contributed by atoms with van der Waals surface area (Å²) < 4.78 is 0. The molecule has 0 saturated carbocycles. The van der Waals surface area contributed by atoms with Crippen LogP contribution in [0.3, 0.4) is 0 Å². The zero-order valence-electron chi connectivity index (χ0n) is 11.2.